The van der Waals surface area contributed by atoms with Crippen LogP contribution in [-0.4, -0.2) is 23.2 Å². The summed E-state index contributed by atoms with van der Waals surface area (Å²) in [5, 5.41) is 10.1. The summed E-state index contributed by atoms with van der Waals surface area (Å²) < 4.78 is 5.20. The molecule has 0 aliphatic rings. The number of benzene rings is 2. The molecule has 0 amide bonds. The molecule has 1 N–H and O–H groups in total. The third kappa shape index (κ3) is 2.39. The number of fused-ring (bicyclic) bond motifs is 1. The summed E-state index contributed by atoms with van der Waals surface area (Å²) in [6, 6.07) is 14.5. The molecule has 0 spiro atoms. The van der Waals surface area contributed by atoms with Gasteiger partial charge in [0.1, 0.15) is 5.75 Å². The number of pyridine rings is 1. The Morgan fingerprint density at radius 1 is 1.14 bits per heavy atom. The van der Waals surface area contributed by atoms with Crippen LogP contribution in [0.15, 0.2) is 48.5 Å². The van der Waals surface area contributed by atoms with Crippen molar-refractivity contribution < 1.29 is 14.6 Å². The molecule has 0 bridgehead atoms. The quantitative estimate of drug-likeness (QED) is 0.795. The summed E-state index contributed by atoms with van der Waals surface area (Å²) in [4.78, 5) is 16.1. The molecule has 3 rings (SSSR count). The number of aromatic nitrogens is 1. The van der Waals surface area contributed by atoms with Crippen LogP contribution in [0.1, 0.15) is 15.9 Å². The minimum Gasteiger partial charge on any atom is -0.497 e. The molecule has 2 aromatic carbocycles. The number of ether oxygens (including phenoxy) is 1. The van der Waals surface area contributed by atoms with Crippen LogP contribution >= 0.6 is 0 Å². The van der Waals surface area contributed by atoms with E-state index in [1.165, 1.54) is 0 Å². The maximum Gasteiger partial charge on any atom is 0.336 e. The van der Waals surface area contributed by atoms with Gasteiger partial charge in [0.2, 0.25) is 0 Å². The molecule has 0 atom stereocenters. The van der Waals surface area contributed by atoms with Crippen LogP contribution in [0, 0.1) is 6.92 Å². The topological polar surface area (TPSA) is 59.4 Å². The average Bonchev–Trinajstić information content (AvgIpc) is 2.53. The highest BCUT2D eigenvalue weighted by molar-refractivity contribution is 6.03. The van der Waals surface area contributed by atoms with Gasteiger partial charge in [-0.1, -0.05) is 18.2 Å². The molecule has 22 heavy (non-hydrogen) atoms. The van der Waals surface area contributed by atoms with E-state index in [0.717, 1.165) is 16.9 Å². The number of carboxylic acid groups (broad SMARTS) is 1. The first kappa shape index (κ1) is 14.1. The fraction of sp³-hybridized carbons (Fsp3) is 0.111. The van der Waals surface area contributed by atoms with Crippen LogP contribution in [0.2, 0.25) is 0 Å². The summed E-state index contributed by atoms with van der Waals surface area (Å²) >= 11 is 0. The third-order valence-corrected chi connectivity index (χ3v) is 3.66. The van der Waals surface area contributed by atoms with Gasteiger partial charge in [0.15, 0.2) is 0 Å². The Morgan fingerprint density at radius 3 is 2.59 bits per heavy atom. The van der Waals surface area contributed by atoms with Crippen molar-refractivity contribution in [1.29, 1.82) is 0 Å². The number of para-hydroxylation sites is 1. The van der Waals surface area contributed by atoms with Crippen molar-refractivity contribution >= 4 is 16.9 Å². The molecule has 0 aliphatic carbocycles. The summed E-state index contributed by atoms with van der Waals surface area (Å²) in [6.07, 6.45) is 0. The van der Waals surface area contributed by atoms with Crippen molar-refractivity contribution in [3.8, 4) is 17.0 Å². The SMILES string of the molecule is COc1ccc(-c2cc(C(=O)O)c3ccccc3n2)c(C)c1. The molecule has 1 heterocycles. The van der Waals surface area contributed by atoms with E-state index in [1.54, 1.807) is 19.2 Å². The minimum atomic E-state index is -0.953. The van der Waals surface area contributed by atoms with Crippen LogP contribution in [0.25, 0.3) is 22.2 Å². The van der Waals surface area contributed by atoms with Crippen molar-refractivity contribution in [2.24, 2.45) is 0 Å². The van der Waals surface area contributed by atoms with Crippen LogP contribution < -0.4 is 4.74 Å². The molecule has 0 aliphatic heterocycles. The zero-order valence-corrected chi connectivity index (χ0v) is 12.3. The lowest BCUT2D eigenvalue weighted by atomic mass is 10.0. The lowest BCUT2D eigenvalue weighted by molar-refractivity contribution is 0.0699. The Balaban J connectivity index is 2.25. The van der Waals surface area contributed by atoms with E-state index >= 15 is 0 Å². The van der Waals surface area contributed by atoms with Gasteiger partial charge in [-0.05, 0) is 42.8 Å². The monoisotopic (exact) mass is 293 g/mol. The second-order valence-electron chi connectivity index (χ2n) is 5.06. The summed E-state index contributed by atoms with van der Waals surface area (Å²) in [7, 11) is 1.62. The molecule has 3 aromatic rings. The predicted molar refractivity (Wildman–Crippen MR) is 85.4 cm³/mol. The van der Waals surface area contributed by atoms with Crippen LogP contribution in [0.3, 0.4) is 0 Å². The first-order valence-corrected chi connectivity index (χ1v) is 6.88. The highest BCUT2D eigenvalue weighted by Crippen LogP contribution is 2.29. The lowest BCUT2D eigenvalue weighted by Crippen LogP contribution is -2.00. The van der Waals surface area contributed by atoms with Crippen molar-refractivity contribution in [2.75, 3.05) is 7.11 Å². The Kier molecular flexibility index (Phi) is 3.51. The average molecular weight is 293 g/mol. The van der Waals surface area contributed by atoms with Gasteiger partial charge in [0.05, 0.1) is 23.9 Å². The molecule has 0 saturated carbocycles. The second kappa shape index (κ2) is 5.48. The second-order valence-corrected chi connectivity index (χ2v) is 5.06. The van der Waals surface area contributed by atoms with Crippen molar-refractivity contribution in [2.45, 2.75) is 6.92 Å². The van der Waals surface area contributed by atoms with Gasteiger partial charge in [0, 0.05) is 10.9 Å². The van der Waals surface area contributed by atoms with E-state index in [-0.39, 0.29) is 5.56 Å². The number of hydrogen-bond donors (Lipinski definition) is 1. The zero-order valence-electron chi connectivity index (χ0n) is 12.3. The molecular formula is C18H15NO3. The van der Waals surface area contributed by atoms with E-state index in [0.29, 0.717) is 16.6 Å². The summed E-state index contributed by atoms with van der Waals surface area (Å²) in [5.74, 6) is -0.188. The number of carboxylic acids is 1. The molecule has 4 nitrogen and oxygen atoms in total. The van der Waals surface area contributed by atoms with Gasteiger partial charge in [0.25, 0.3) is 0 Å². The van der Waals surface area contributed by atoms with Crippen molar-refractivity contribution in [3.05, 3.63) is 59.7 Å². The first-order chi connectivity index (χ1) is 10.6. The molecule has 0 saturated heterocycles. The van der Waals surface area contributed by atoms with E-state index < -0.39 is 5.97 Å². The van der Waals surface area contributed by atoms with Gasteiger partial charge in [-0.2, -0.15) is 0 Å². The standard InChI is InChI=1S/C18H15NO3/c1-11-9-12(22-2)7-8-13(11)17-10-15(18(20)21)14-5-3-4-6-16(14)19-17/h3-10H,1-2H3,(H,20,21). The zero-order chi connectivity index (χ0) is 15.7. The normalized spacial score (nSPS) is 10.6. The first-order valence-electron chi connectivity index (χ1n) is 6.88. The van der Waals surface area contributed by atoms with Gasteiger partial charge in [-0.15, -0.1) is 0 Å². The molecule has 0 unspecified atom stereocenters. The van der Waals surface area contributed by atoms with E-state index in [1.807, 2.05) is 43.3 Å². The molecular weight excluding hydrogens is 278 g/mol. The summed E-state index contributed by atoms with van der Waals surface area (Å²) in [5.41, 5.74) is 3.47. The smallest absolute Gasteiger partial charge is 0.336 e. The van der Waals surface area contributed by atoms with Crippen LogP contribution in [-0.2, 0) is 0 Å². The van der Waals surface area contributed by atoms with E-state index in [4.69, 9.17) is 4.74 Å². The largest absolute Gasteiger partial charge is 0.497 e. The highest BCUT2D eigenvalue weighted by Gasteiger charge is 2.13. The Morgan fingerprint density at radius 2 is 1.91 bits per heavy atom. The number of hydrogen-bond acceptors (Lipinski definition) is 3. The minimum absolute atomic E-state index is 0.260. The van der Waals surface area contributed by atoms with Crippen LogP contribution in [0.4, 0.5) is 0 Å². The predicted octanol–water partition coefficient (Wildman–Crippen LogP) is 3.92. The van der Waals surface area contributed by atoms with Gasteiger partial charge >= 0.3 is 5.97 Å². The van der Waals surface area contributed by atoms with E-state index in [2.05, 4.69) is 4.98 Å². The number of aromatic carboxylic acids is 1. The van der Waals surface area contributed by atoms with Gasteiger partial charge in [-0.3, -0.25) is 0 Å². The molecule has 0 fully saturated rings. The van der Waals surface area contributed by atoms with E-state index in [9.17, 15) is 9.90 Å². The number of rotatable bonds is 3. The number of carbonyl (C=O) groups is 1. The number of aryl methyl sites for hydroxylation is 1. The summed E-state index contributed by atoms with van der Waals surface area (Å²) in [6.45, 7) is 1.95. The fourth-order valence-corrected chi connectivity index (χ4v) is 2.54. The molecule has 110 valence electrons. The fourth-order valence-electron chi connectivity index (χ4n) is 2.54. The maximum atomic E-state index is 11.5. The molecule has 0 radical (unpaired) electrons. The number of nitrogens with zero attached hydrogens (tertiary/aromatic N) is 1. The third-order valence-electron chi connectivity index (χ3n) is 3.66. The van der Waals surface area contributed by atoms with Crippen molar-refractivity contribution in [3.63, 3.8) is 0 Å². The number of methoxy groups -OCH3 is 1. The Labute approximate surface area is 128 Å². The Hall–Kier alpha value is -2.88. The molecule has 1 aromatic heterocycles. The Bertz CT molecular complexity index is 871. The maximum absolute atomic E-state index is 11.5. The van der Waals surface area contributed by atoms with Gasteiger partial charge < -0.3 is 9.84 Å². The molecule has 4 heteroatoms. The van der Waals surface area contributed by atoms with Gasteiger partial charge in [-0.25, -0.2) is 9.78 Å². The highest BCUT2D eigenvalue weighted by atomic mass is 16.5. The lowest BCUT2D eigenvalue weighted by Gasteiger charge is -2.10. The van der Waals surface area contributed by atoms with Crippen LogP contribution in [0.5, 0.6) is 5.75 Å². The van der Waals surface area contributed by atoms with Crippen molar-refractivity contribution in [1.82, 2.24) is 4.98 Å².